The van der Waals surface area contributed by atoms with Gasteiger partial charge >= 0.3 is 0 Å². The van der Waals surface area contributed by atoms with Gasteiger partial charge in [-0.05, 0) is 38.5 Å². The molecule has 0 spiro atoms. The van der Waals surface area contributed by atoms with Crippen molar-refractivity contribution in [2.75, 3.05) is 12.3 Å². The van der Waals surface area contributed by atoms with E-state index in [4.69, 9.17) is 22.6 Å². The van der Waals surface area contributed by atoms with Crippen LogP contribution in [0.4, 0.5) is 5.69 Å². The van der Waals surface area contributed by atoms with Gasteiger partial charge in [-0.25, -0.2) is 0 Å². The first kappa shape index (κ1) is 15.7. The molecule has 0 fully saturated rings. The lowest BCUT2D eigenvalue weighted by atomic mass is 10.0. The molecule has 0 amide bonds. The number of aliphatic hydroxyl groups excluding tert-OH is 1. The summed E-state index contributed by atoms with van der Waals surface area (Å²) in [6.07, 6.45) is -0.963. The van der Waals surface area contributed by atoms with Crippen molar-refractivity contribution in [3.63, 3.8) is 0 Å². The zero-order valence-corrected chi connectivity index (χ0v) is 11.9. The average Bonchev–Trinajstić information content (AvgIpc) is 2.31. The normalized spacial score (nSPS) is 13.4. The zero-order valence-electron chi connectivity index (χ0n) is 11.2. The lowest BCUT2D eigenvalue weighted by Crippen LogP contribution is -2.41. The fourth-order valence-electron chi connectivity index (χ4n) is 1.47. The van der Waals surface area contributed by atoms with Crippen LogP contribution in [0.3, 0.4) is 0 Å². The van der Waals surface area contributed by atoms with E-state index < -0.39 is 11.6 Å². The van der Waals surface area contributed by atoms with E-state index in [1.54, 1.807) is 0 Å². The summed E-state index contributed by atoms with van der Waals surface area (Å²) in [5.41, 5.74) is 5.99. The molecule has 0 radical (unpaired) electrons. The van der Waals surface area contributed by atoms with Crippen molar-refractivity contribution in [1.82, 2.24) is 5.06 Å². The number of nitrogens with two attached hydrogens (primary N) is 1. The Morgan fingerprint density at radius 1 is 1.47 bits per heavy atom. The van der Waals surface area contributed by atoms with E-state index in [0.717, 1.165) is 5.06 Å². The zero-order chi connectivity index (χ0) is 14.8. The molecule has 1 aromatic rings. The highest BCUT2D eigenvalue weighted by molar-refractivity contribution is 6.33. The Kier molecular flexibility index (Phi) is 4.77. The molecule has 0 aromatic heterocycles. The van der Waals surface area contributed by atoms with E-state index in [9.17, 15) is 10.3 Å². The van der Waals surface area contributed by atoms with Gasteiger partial charge in [0.05, 0.1) is 28.9 Å². The van der Waals surface area contributed by atoms with Crippen molar-refractivity contribution in [1.29, 1.82) is 5.26 Å². The van der Waals surface area contributed by atoms with Crippen LogP contribution in [0.2, 0.25) is 5.02 Å². The molecule has 1 unspecified atom stereocenters. The Morgan fingerprint density at radius 2 is 2.05 bits per heavy atom. The predicted molar refractivity (Wildman–Crippen MR) is 73.8 cm³/mol. The predicted octanol–water partition coefficient (Wildman–Crippen LogP) is 2.32. The summed E-state index contributed by atoms with van der Waals surface area (Å²) in [7, 11) is 0. The van der Waals surface area contributed by atoms with Crippen LogP contribution in [-0.2, 0) is 0 Å². The van der Waals surface area contributed by atoms with Crippen LogP contribution in [-0.4, -0.2) is 27.5 Å². The van der Waals surface area contributed by atoms with E-state index in [-0.39, 0.29) is 22.8 Å². The Bertz CT molecular complexity index is 506. The van der Waals surface area contributed by atoms with Crippen molar-refractivity contribution in [2.45, 2.75) is 32.4 Å². The smallest absolute Gasteiger partial charge is 0.101 e. The maximum Gasteiger partial charge on any atom is 0.101 e. The number of anilines is 1. The van der Waals surface area contributed by atoms with Gasteiger partial charge in [0, 0.05) is 5.54 Å². The molecular formula is C13H18ClN3O2. The summed E-state index contributed by atoms with van der Waals surface area (Å²) in [6.45, 7) is 5.46. The van der Waals surface area contributed by atoms with E-state index >= 15 is 0 Å². The van der Waals surface area contributed by atoms with Gasteiger partial charge in [-0.2, -0.15) is 10.3 Å². The van der Waals surface area contributed by atoms with Gasteiger partial charge in [-0.3, -0.25) is 0 Å². The van der Waals surface area contributed by atoms with E-state index in [1.807, 2.05) is 26.8 Å². The van der Waals surface area contributed by atoms with Gasteiger partial charge in [0.2, 0.25) is 0 Å². The number of rotatable bonds is 3. The third kappa shape index (κ3) is 3.82. The molecule has 104 valence electrons. The topological polar surface area (TPSA) is 93.5 Å². The SMILES string of the molecule is CC(C)(C)N(O)CC(O)c1cc(Cl)c(N)c(C#N)c1. The molecule has 1 rings (SSSR count). The largest absolute Gasteiger partial charge is 0.396 e. The molecule has 0 saturated heterocycles. The van der Waals surface area contributed by atoms with Crippen molar-refractivity contribution < 1.29 is 10.3 Å². The molecule has 0 aliphatic rings. The average molecular weight is 284 g/mol. The van der Waals surface area contributed by atoms with Crippen molar-refractivity contribution in [3.8, 4) is 6.07 Å². The van der Waals surface area contributed by atoms with Crippen LogP contribution in [0.5, 0.6) is 0 Å². The minimum atomic E-state index is -0.963. The van der Waals surface area contributed by atoms with E-state index in [0.29, 0.717) is 5.56 Å². The number of benzene rings is 1. The fourth-order valence-corrected chi connectivity index (χ4v) is 1.69. The standard InChI is InChI=1S/C13H18ClN3O2/c1-13(2,3)17(19)7-11(18)8-4-9(6-15)12(16)10(14)5-8/h4-5,11,18-19H,7,16H2,1-3H3. The molecule has 5 nitrogen and oxygen atoms in total. The first-order valence-corrected chi connectivity index (χ1v) is 6.18. The maximum atomic E-state index is 10.1. The third-order valence-corrected chi connectivity index (χ3v) is 3.09. The summed E-state index contributed by atoms with van der Waals surface area (Å²) in [5, 5.41) is 30.1. The Hall–Kier alpha value is -1.32. The highest BCUT2D eigenvalue weighted by Crippen LogP contribution is 2.28. The minimum Gasteiger partial charge on any atom is -0.396 e. The highest BCUT2D eigenvalue weighted by Gasteiger charge is 2.23. The highest BCUT2D eigenvalue weighted by atomic mass is 35.5. The van der Waals surface area contributed by atoms with Gasteiger partial charge in [-0.1, -0.05) is 11.6 Å². The summed E-state index contributed by atoms with van der Waals surface area (Å²) >= 11 is 5.90. The molecule has 0 heterocycles. The van der Waals surface area contributed by atoms with Crippen LogP contribution >= 0.6 is 11.6 Å². The molecular weight excluding hydrogens is 266 g/mol. The summed E-state index contributed by atoms with van der Waals surface area (Å²) < 4.78 is 0. The summed E-state index contributed by atoms with van der Waals surface area (Å²) in [5.74, 6) is 0. The van der Waals surface area contributed by atoms with Crippen LogP contribution < -0.4 is 5.73 Å². The quantitative estimate of drug-likeness (QED) is 0.585. The molecule has 4 N–H and O–H groups in total. The van der Waals surface area contributed by atoms with E-state index in [1.165, 1.54) is 12.1 Å². The van der Waals surface area contributed by atoms with Crippen LogP contribution in [0, 0.1) is 11.3 Å². The maximum absolute atomic E-state index is 10.1. The number of hydroxylamine groups is 2. The molecule has 0 saturated carbocycles. The number of nitriles is 1. The monoisotopic (exact) mass is 283 g/mol. The number of nitrogens with zero attached hydrogens (tertiary/aromatic N) is 2. The third-order valence-electron chi connectivity index (χ3n) is 2.78. The van der Waals surface area contributed by atoms with Gasteiger partial charge in [-0.15, -0.1) is 0 Å². The molecule has 1 aromatic carbocycles. The van der Waals surface area contributed by atoms with Crippen LogP contribution in [0.1, 0.15) is 38.0 Å². The number of aliphatic hydroxyl groups is 1. The molecule has 1 atom stereocenters. The van der Waals surface area contributed by atoms with Crippen molar-refractivity contribution >= 4 is 17.3 Å². The van der Waals surface area contributed by atoms with Crippen molar-refractivity contribution in [2.24, 2.45) is 0 Å². The molecule has 19 heavy (non-hydrogen) atoms. The van der Waals surface area contributed by atoms with E-state index in [2.05, 4.69) is 0 Å². The number of halogens is 1. The second-order valence-corrected chi connectivity index (χ2v) is 5.75. The van der Waals surface area contributed by atoms with Gasteiger partial charge in [0.25, 0.3) is 0 Å². The number of hydrogen-bond donors (Lipinski definition) is 3. The minimum absolute atomic E-state index is 0.00855. The second-order valence-electron chi connectivity index (χ2n) is 5.34. The molecule has 0 aliphatic heterocycles. The second kappa shape index (κ2) is 5.76. The van der Waals surface area contributed by atoms with Gasteiger partial charge in [0.15, 0.2) is 0 Å². The number of hydrogen-bond acceptors (Lipinski definition) is 5. The number of nitrogen functional groups attached to an aromatic ring is 1. The van der Waals surface area contributed by atoms with Gasteiger partial charge < -0.3 is 16.0 Å². The summed E-state index contributed by atoms with van der Waals surface area (Å²) in [6, 6.07) is 4.89. The Labute approximate surface area is 117 Å². The van der Waals surface area contributed by atoms with Crippen LogP contribution in [0.25, 0.3) is 0 Å². The van der Waals surface area contributed by atoms with Crippen molar-refractivity contribution in [3.05, 3.63) is 28.3 Å². The summed E-state index contributed by atoms with van der Waals surface area (Å²) in [4.78, 5) is 0. The lowest BCUT2D eigenvalue weighted by Gasteiger charge is -2.31. The Morgan fingerprint density at radius 3 is 2.53 bits per heavy atom. The Balaban J connectivity index is 2.99. The molecule has 0 bridgehead atoms. The lowest BCUT2D eigenvalue weighted by molar-refractivity contribution is -0.172. The first-order chi connectivity index (χ1) is 8.66. The van der Waals surface area contributed by atoms with Crippen LogP contribution in [0.15, 0.2) is 12.1 Å². The molecule has 0 aliphatic carbocycles. The fraction of sp³-hybridized carbons (Fsp3) is 0.462. The number of β-amino-alcohol motifs (C(OH)–C–C–N with tert-alkyl or cyclic N) is 1. The molecule has 6 heteroatoms. The van der Waals surface area contributed by atoms with Gasteiger partial charge in [0.1, 0.15) is 6.07 Å². The first-order valence-electron chi connectivity index (χ1n) is 5.80.